The van der Waals surface area contributed by atoms with Crippen LogP contribution in [-0.4, -0.2) is 11.1 Å². The van der Waals surface area contributed by atoms with Crippen molar-refractivity contribution in [1.29, 1.82) is 0 Å². The summed E-state index contributed by atoms with van der Waals surface area (Å²) in [7, 11) is 0. The Kier molecular flexibility index (Phi) is 8.04. The van der Waals surface area contributed by atoms with Gasteiger partial charge < -0.3 is 4.74 Å². The van der Waals surface area contributed by atoms with Crippen LogP contribution in [0.4, 0.5) is 0 Å². The van der Waals surface area contributed by atoms with Gasteiger partial charge >= 0.3 is 5.97 Å². The van der Waals surface area contributed by atoms with Crippen LogP contribution in [0.3, 0.4) is 0 Å². The first kappa shape index (κ1) is 22.1. The third-order valence-electron chi connectivity index (χ3n) is 4.03. The summed E-state index contributed by atoms with van der Waals surface area (Å²) in [4.78, 5) is 24.9. The van der Waals surface area contributed by atoms with Crippen LogP contribution in [0.25, 0.3) is 12.2 Å². The number of esters is 1. The van der Waals surface area contributed by atoms with Gasteiger partial charge in [0.1, 0.15) is 5.75 Å². The predicted molar refractivity (Wildman–Crippen MR) is 131 cm³/mol. The van der Waals surface area contributed by atoms with Crippen molar-refractivity contribution in [3.05, 3.63) is 105 Å². The van der Waals surface area contributed by atoms with Gasteiger partial charge in [0.05, 0.1) is 0 Å². The van der Waals surface area contributed by atoms with Crippen LogP contribution < -0.4 is 4.74 Å². The fraction of sp³-hybridized carbons (Fsp3) is 0.0400. The molecule has 0 fully saturated rings. The molecule has 0 heterocycles. The van der Waals surface area contributed by atoms with Crippen molar-refractivity contribution in [3.63, 3.8) is 0 Å². The molecule has 150 valence electrons. The van der Waals surface area contributed by atoms with E-state index >= 15 is 0 Å². The Morgan fingerprint density at radius 1 is 0.800 bits per heavy atom. The molecule has 3 rings (SSSR count). The molecule has 3 nitrogen and oxygen atoms in total. The maximum Gasteiger partial charge on any atom is 0.336 e. The lowest BCUT2D eigenvalue weighted by atomic mass is 10.1. The molecule has 3 aromatic carbocycles. The van der Waals surface area contributed by atoms with E-state index in [4.69, 9.17) is 4.74 Å². The third kappa shape index (κ3) is 7.31. The van der Waals surface area contributed by atoms with E-state index in [1.807, 2.05) is 55.5 Å². The van der Waals surface area contributed by atoms with Crippen molar-refractivity contribution in [3.8, 4) is 5.75 Å². The van der Waals surface area contributed by atoms with Crippen molar-refractivity contribution in [1.82, 2.24) is 0 Å². The number of ether oxygens (including phenoxy) is 1. The Balaban J connectivity index is 1.51. The van der Waals surface area contributed by atoms with E-state index in [1.54, 1.807) is 42.5 Å². The van der Waals surface area contributed by atoms with Gasteiger partial charge in [-0.3, -0.25) is 4.79 Å². The summed E-state index contributed by atoms with van der Waals surface area (Å²) in [5.74, 6) is -0.0229. The lowest BCUT2D eigenvalue weighted by Crippen LogP contribution is -2.03. The normalized spacial score (nSPS) is 11.1. The summed E-state index contributed by atoms with van der Waals surface area (Å²) < 4.78 is 6.43. The van der Waals surface area contributed by atoms with Gasteiger partial charge in [0.25, 0.3) is 0 Å². The van der Waals surface area contributed by atoms with Gasteiger partial charge in [-0.1, -0.05) is 48.0 Å². The Hall–Kier alpha value is -2.64. The zero-order valence-electron chi connectivity index (χ0n) is 16.2. The first-order valence-corrected chi connectivity index (χ1v) is 11.1. The van der Waals surface area contributed by atoms with E-state index in [9.17, 15) is 9.59 Å². The highest BCUT2D eigenvalue weighted by atomic mass is 127. The summed E-state index contributed by atoms with van der Waals surface area (Å²) in [6.07, 6.45) is 6.45. The molecular formula is C25H19IO3S. The largest absolute Gasteiger partial charge is 0.423 e. The number of rotatable bonds is 6. The maximum absolute atomic E-state index is 12.1. The zero-order chi connectivity index (χ0) is 21.3. The molecule has 0 saturated heterocycles. The van der Waals surface area contributed by atoms with Crippen LogP contribution in [-0.2, 0) is 9.59 Å². The maximum atomic E-state index is 12.1. The number of carbonyl (C=O) groups excluding carboxylic acids is 2. The standard InChI is InChI=1S/C25H19IO3S/c1-18-2-4-19(5-3-18)9-17-25(28)30-23-14-12-22(13-15-23)29-24(27)16-8-20-6-10-21(26)11-7-20/h2-17H,1H3/b16-8+,17-9+. The van der Waals surface area contributed by atoms with E-state index in [0.717, 1.165) is 31.4 Å². The van der Waals surface area contributed by atoms with E-state index in [0.29, 0.717) is 5.75 Å². The summed E-state index contributed by atoms with van der Waals surface area (Å²) in [5.41, 5.74) is 3.09. The molecule has 5 heteroatoms. The lowest BCUT2D eigenvalue weighted by Gasteiger charge is -2.03. The monoisotopic (exact) mass is 526 g/mol. The van der Waals surface area contributed by atoms with Crippen LogP contribution in [0.1, 0.15) is 16.7 Å². The second-order valence-corrected chi connectivity index (χ2v) is 8.77. The highest BCUT2D eigenvalue weighted by Gasteiger charge is 2.04. The highest BCUT2D eigenvalue weighted by molar-refractivity contribution is 14.1. The minimum atomic E-state index is -0.453. The predicted octanol–water partition coefficient (Wildman–Crippen LogP) is 6.55. The number of carbonyl (C=O) groups is 2. The molecule has 0 atom stereocenters. The first-order chi connectivity index (χ1) is 14.5. The molecule has 0 saturated carbocycles. The molecule has 0 amide bonds. The lowest BCUT2D eigenvalue weighted by molar-refractivity contribution is -0.128. The van der Waals surface area contributed by atoms with E-state index in [-0.39, 0.29) is 5.12 Å². The second-order valence-electron chi connectivity index (χ2n) is 6.44. The smallest absolute Gasteiger partial charge is 0.336 e. The zero-order valence-corrected chi connectivity index (χ0v) is 19.2. The van der Waals surface area contributed by atoms with Gasteiger partial charge in [-0.15, -0.1) is 0 Å². The van der Waals surface area contributed by atoms with Crippen molar-refractivity contribution in [2.75, 3.05) is 0 Å². The van der Waals surface area contributed by atoms with Gasteiger partial charge in [-0.25, -0.2) is 4.79 Å². The van der Waals surface area contributed by atoms with Crippen molar-refractivity contribution in [2.45, 2.75) is 11.8 Å². The van der Waals surface area contributed by atoms with Gasteiger partial charge in [-0.2, -0.15) is 0 Å². The molecule has 0 radical (unpaired) electrons. The van der Waals surface area contributed by atoms with Crippen LogP contribution in [0, 0.1) is 10.5 Å². The first-order valence-electron chi connectivity index (χ1n) is 9.20. The topological polar surface area (TPSA) is 43.4 Å². The Morgan fingerprint density at radius 2 is 1.37 bits per heavy atom. The molecule has 0 spiro atoms. The molecule has 0 aliphatic carbocycles. The van der Waals surface area contributed by atoms with Gasteiger partial charge in [-0.05, 0) is 101 Å². The van der Waals surface area contributed by atoms with Crippen LogP contribution >= 0.6 is 34.4 Å². The number of hydrogen-bond donors (Lipinski definition) is 0. The van der Waals surface area contributed by atoms with Crippen molar-refractivity contribution < 1.29 is 14.3 Å². The number of thioether (sulfide) groups is 1. The molecule has 0 N–H and O–H groups in total. The molecular weight excluding hydrogens is 507 g/mol. The molecule has 0 bridgehead atoms. The molecule has 3 aromatic rings. The van der Waals surface area contributed by atoms with Crippen LogP contribution in [0.15, 0.2) is 89.8 Å². The minimum Gasteiger partial charge on any atom is -0.423 e. The van der Waals surface area contributed by atoms with Gasteiger partial charge in [0.2, 0.25) is 5.12 Å². The van der Waals surface area contributed by atoms with Crippen LogP contribution in [0.5, 0.6) is 5.75 Å². The number of hydrogen-bond acceptors (Lipinski definition) is 4. The van der Waals surface area contributed by atoms with Gasteiger partial charge in [0, 0.05) is 14.5 Å². The van der Waals surface area contributed by atoms with E-state index in [2.05, 4.69) is 22.6 Å². The summed E-state index contributed by atoms with van der Waals surface area (Å²) in [6.45, 7) is 2.02. The summed E-state index contributed by atoms with van der Waals surface area (Å²) >= 11 is 3.35. The van der Waals surface area contributed by atoms with E-state index in [1.165, 1.54) is 11.6 Å². The third-order valence-corrected chi connectivity index (χ3v) is 5.60. The van der Waals surface area contributed by atoms with E-state index < -0.39 is 5.97 Å². The van der Waals surface area contributed by atoms with Gasteiger partial charge in [0.15, 0.2) is 0 Å². The summed E-state index contributed by atoms with van der Waals surface area (Å²) in [5, 5.41) is -0.0687. The number of benzene rings is 3. The van der Waals surface area contributed by atoms with Crippen molar-refractivity contribution in [2.24, 2.45) is 0 Å². The molecule has 0 aromatic heterocycles. The molecule has 0 aliphatic rings. The fourth-order valence-electron chi connectivity index (χ4n) is 2.46. The molecule has 0 unspecified atom stereocenters. The average Bonchev–Trinajstić information content (AvgIpc) is 2.74. The van der Waals surface area contributed by atoms with Crippen molar-refractivity contribution >= 4 is 57.6 Å². The second kappa shape index (κ2) is 10.9. The Morgan fingerprint density at radius 3 is 2.00 bits per heavy atom. The SMILES string of the molecule is Cc1ccc(/C=C/C(=O)Sc2ccc(OC(=O)/C=C/c3ccc(I)cc3)cc2)cc1. The fourth-order valence-corrected chi connectivity index (χ4v) is 3.46. The molecule has 30 heavy (non-hydrogen) atoms. The summed E-state index contributed by atoms with van der Waals surface area (Å²) in [6, 6.07) is 22.6. The van der Waals surface area contributed by atoms with Crippen LogP contribution in [0.2, 0.25) is 0 Å². The minimum absolute atomic E-state index is 0.0687. The average molecular weight is 526 g/mol. The number of aryl methyl sites for hydroxylation is 1. The highest BCUT2D eigenvalue weighted by Crippen LogP contribution is 2.23. The Labute approximate surface area is 194 Å². The Bertz CT molecular complexity index is 978. The molecule has 0 aliphatic heterocycles. The quantitative estimate of drug-likeness (QED) is 0.120. The number of halogens is 1.